The van der Waals surface area contributed by atoms with E-state index in [1.165, 1.54) is 0 Å². The number of rotatable bonds is 3. The van der Waals surface area contributed by atoms with Crippen molar-refractivity contribution >= 4 is 16.9 Å². The molecule has 2 N–H and O–H groups in total. The summed E-state index contributed by atoms with van der Waals surface area (Å²) in [5.74, 6) is -0.234. The molecule has 1 aliphatic rings. The maximum Gasteiger partial charge on any atom is 0.323 e. The lowest BCUT2D eigenvalue weighted by Gasteiger charge is -2.30. The monoisotopic (exact) mass is 345 g/mol. The Hall–Kier alpha value is -3.10. The van der Waals surface area contributed by atoms with Crippen molar-refractivity contribution in [3.8, 4) is 6.07 Å². The third-order valence-corrected chi connectivity index (χ3v) is 4.86. The van der Waals surface area contributed by atoms with E-state index < -0.39 is 6.04 Å². The molecule has 0 bridgehead atoms. The van der Waals surface area contributed by atoms with Gasteiger partial charge in [-0.05, 0) is 36.2 Å². The van der Waals surface area contributed by atoms with Crippen molar-refractivity contribution < 1.29 is 9.53 Å². The Morgan fingerprint density at radius 1 is 1.23 bits per heavy atom. The Balaban J connectivity index is 1.81. The fourth-order valence-corrected chi connectivity index (χ4v) is 3.64. The van der Waals surface area contributed by atoms with Crippen LogP contribution in [0.4, 0.5) is 0 Å². The number of hydrogen-bond donors (Lipinski definition) is 2. The Labute approximate surface area is 151 Å². The number of nitrogens with zero attached hydrogens (tertiary/aromatic N) is 1. The molecule has 5 heteroatoms. The van der Waals surface area contributed by atoms with Crippen molar-refractivity contribution in [2.45, 2.75) is 25.4 Å². The highest BCUT2D eigenvalue weighted by Crippen LogP contribution is 2.35. The maximum atomic E-state index is 12.4. The van der Waals surface area contributed by atoms with E-state index >= 15 is 0 Å². The Bertz CT molecular complexity index is 998. The minimum absolute atomic E-state index is 0.159. The van der Waals surface area contributed by atoms with Crippen molar-refractivity contribution in [1.82, 2.24) is 10.3 Å². The fraction of sp³-hybridized carbons (Fsp3) is 0.238. The van der Waals surface area contributed by atoms with Crippen LogP contribution in [0.1, 0.15) is 35.3 Å². The van der Waals surface area contributed by atoms with E-state index in [2.05, 4.69) is 22.4 Å². The van der Waals surface area contributed by atoms with Gasteiger partial charge in [-0.15, -0.1) is 0 Å². The number of aromatic nitrogens is 1. The smallest absolute Gasteiger partial charge is 0.323 e. The third kappa shape index (κ3) is 2.75. The van der Waals surface area contributed by atoms with Crippen LogP contribution >= 0.6 is 0 Å². The maximum absolute atomic E-state index is 12.4. The largest absolute Gasteiger partial charge is 0.465 e. The van der Waals surface area contributed by atoms with E-state index in [0.717, 1.165) is 27.7 Å². The average molecular weight is 345 g/mol. The van der Waals surface area contributed by atoms with Crippen LogP contribution in [-0.4, -0.2) is 23.6 Å². The van der Waals surface area contributed by atoms with Crippen LogP contribution < -0.4 is 5.32 Å². The zero-order valence-corrected chi connectivity index (χ0v) is 14.5. The number of ether oxygens (including phenoxy) is 1. The SMILES string of the molecule is CCOC(=O)C1Cc2c([nH]c3ccccc23)C(c2ccc(C#N)cc2)N1. The molecule has 0 amide bonds. The molecule has 0 saturated heterocycles. The van der Waals surface area contributed by atoms with Gasteiger partial charge in [-0.3, -0.25) is 10.1 Å². The summed E-state index contributed by atoms with van der Waals surface area (Å²) in [5, 5.41) is 13.6. The molecule has 2 heterocycles. The van der Waals surface area contributed by atoms with Crippen molar-refractivity contribution in [3.05, 3.63) is 70.9 Å². The quantitative estimate of drug-likeness (QED) is 0.715. The molecule has 5 nitrogen and oxygen atoms in total. The molecule has 0 aliphatic carbocycles. The summed E-state index contributed by atoms with van der Waals surface area (Å²) in [4.78, 5) is 15.9. The average Bonchev–Trinajstić information content (AvgIpc) is 3.06. The lowest BCUT2D eigenvalue weighted by Crippen LogP contribution is -2.45. The molecule has 1 aromatic heterocycles. The first kappa shape index (κ1) is 16.4. The molecular weight excluding hydrogens is 326 g/mol. The zero-order valence-electron chi connectivity index (χ0n) is 14.5. The number of para-hydroxylation sites is 1. The molecule has 0 fully saturated rings. The Morgan fingerprint density at radius 2 is 2.00 bits per heavy atom. The van der Waals surface area contributed by atoms with E-state index in [4.69, 9.17) is 10.00 Å². The van der Waals surface area contributed by atoms with Crippen LogP contribution in [-0.2, 0) is 16.0 Å². The molecule has 2 aromatic carbocycles. The minimum atomic E-state index is -0.401. The lowest BCUT2D eigenvalue weighted by atomic mass is 9.90. The number of carbonyl (C=O) groups excluding carboxylic acids is 1. The highest BCUT2D eigenvalue weighted by Gasteiger charge is 2.34. The molecule has 0 saturated carbocycles. The normalized spacial score (nSPS) is 18.9. The van der Waals surface area contributed by atoms with E-state index in [1.807, 2.05) is 37.3 Å². The molecule has 0 radical (unpaired) electrons. The van der Waals surface area contributed by atoms with E-state index in [0.29, 0.717) is 18.6 Å². The number of H-pyrrole nitrogens is 1. The molecular formula is C21H19N3O2. The molecule has 3 aromatic rings. The predicted octanol–water partition coefficient (Wildman–Crippen LogP) is 3.21. The van der Waals surface area contributed by atoms with E-state index in [9.17, 15) is 4.79 Å². The van der Waals surface area contributed by atoms with Gasteiger partial charge in [-0.2, -0.15) is 5.26 Å². The van der Waals surface area contributed by atoms with Crippen molar-refractivity contribution in [1.29, 1.82) is 5.26 Å². The number of benzene rings is 2. The second-order valence-electron chi connectivity index (χ2n) is 6.41. The number of fused-ring (bicyclic) bond motifs is 3. The number of nitrogens with one attached hydrogen (secondary N) is 2. The number of nitriles is 1. The van der Waals surface area contributed by atoms with Crippen molar-refractivity contribution in [2.24, 2.45) is 0 Å². The summed E-state index contributed by atoms with van der Waals surface area (Å²) in [6, 6.07) is 17.2. The summed E-state index contributed by atoms with van der Waals surface area (Å²) in [6.07, 6.45) is 0.588. The Morgan fingerprint density at radius 3 is 2.73 bits per heavy atom. The molecule has 2 unspecified atom stereocenters. The number of esters is 1. The molecule has 4 rings (SSSR count). The fourth-order valence-electron chi connectivity index (χ4n) is 3.64. The minimum Gasteiger partial charge on any atom is -0.465 e. The highest BCUT2D eigenvalue weighted by atomic mass is 16.5. The molecule has 130 valence electrons. The molecule has 0 spiro atoms. The highest BCUT2D eigenvalue weighted by molar-refractivity contribution is 5.87. The standard InChI is InChI=1S/C21H19N3O2/c1-2-26-21(25)18-11-16-15-5-3-4-6-17(15)23-20(16)19(24-18)14-9-7-13(12-22)8-10-14/h3-10,18-19,23-24H,2,11H2,1H3. The third-order valence-electron chi connectivity index (χ3n) is 4.86. The van der Waals surface area contributed by atoms with E-state index in [-0.39, 0.29) is 12.0 Å². The van der Waals surface area contributed by atoms with Crippen molar-refractivity contribution in [3.63, 3.8) is 0 Å². The topological polar surface area (TPSA) is 77.9 Å². The summed E-state index contributed by atoms with van der Waals surface area (Å²) in [6.45, 7) is 2.18. The Kier molecular flexibility index (Phi) is 4.19. The van der Waals surface area contributed by atoms with Gasteiger partial charge in [0, 0.05) is 23.0 Å². The van der Waals surface area contributed by atoms with Crippen LogP contribution in [0.15, 0.2) is 48.5 Å². The van der Waals surface area contributed by atoms with Crippen LogP contribution in [0.2, 0.25) is 0 Å². The summed E-state index contributed by atoms with van der Waals surface area (Å²) < 4.78 is 5.25. The van der Waals surface area contributed by atoms with Crippen LogP contribution in [0.25, 0.3) is 10.9 Å². The molecule has 2 atom stereocenters. The predicted molar refractivity (Wildman–Crippen MR) is 98.6 cm³/mol. The van der Waals surface area contributed by atoms with Crippen LogP contribution in [0, 0.1) is 11.3 Å². The van der Waals surface area contributed by atoms with E-state index in [1.54, 1.807) is 12.1 Å². The van der Waals surface area contributed by atoms with Crippen LogP contribution in [0.3, 0.4) is 0 Å². The summed E-state index contributed by atoms with van der Waals surface area (Å²) >= 11 is 0. The van der Waals surface area contributed by atoms with Gasteiger partial charge < -0.3 is 9.72 Å². The zero-order chi connectivity index (χ0) is 18.1. The number of aromatic amines is 1. The van der Waals surface area contributed by atoms with Gasteiger partial charge in [0.1, 0.15) is 6.04 Å². The first-order chi connectivity index (χ1) is 12.7. The van der Waals surface area contributed by atoms with Gasteiger partial charge in [-0.1, -0.05) is 30.3 Å². The van der Waals surface area contributed by atoms with Gasteiger partial charge in [-0.25, -0.2) is 0 Å². The van der Waals surface area contributed by atoms with Crippen LogP contribution in [0.5, 0.6) is 0 Å². The van der Waals surface area contributed by atoms with Gasteiger partial charge in [0.2, 0.25) is 0 Å². The van der Waals surface area contributed by atoms with Gasteiger partial charge in [0.05, 0.1) is 24.3 Å². The first-order valence-electron chi connectivity index (χ1n) is 8.73. The summed E-state index contributed by atoms with van der Waals surface area (Å²) in [7, 11) is 0. The van der Waals surface area contributed by atoms with Gasteiger partial charge in [0.15, 0.2) is 0 Å². The van der Waals surface area contributed by atoms with Gasteiger partial charge >= 0.3 is 5.97 Å². The lowest BCUT2D eigenvalue weighted by molar-refractivity contribution is -0.146. The first-order valence-corrected chi connectivity index (χ1v) is 8.73. The molecule has 1 aliphatic heterocycles. The van der Waals surface area contributed by atoms with Crippen molar-refractivity contribution in [2.75, 3.05) is 6.61 Å². The van der Waals surface area contributed by atoms with Gasteiger partial charge in [0.25, 0.3) is 0 Å². The number of carbonyl (C=O) groups is 1. The second-order valence-corrected chi connectivity index (χ2v) is 6.41. The molecule has 26 heavy (non-hydrogen) atoms. The number of hydrogen-bond acceptors (Lipinski definition) is 4. The summed E-state index contributed by atoms with van der Waals surface area (Å²) in [5.41, 5.74) is 4.89. The second kappa shape index (κ2) is 6.66.